The van der Waals surface area contributed by atoms with Gasteiger partial charge in [0.05, 0.1) is 16.7 Å². The van der Waals surface area contributed by atoms with Crippen molar-refractivity contribution in [3.8, 4) is 11.5 Å². The maximum atomic E-state index is 12.8. The topological polar surface area (TPSA) is 132 Å². The van der Waals surface area contributed by atoms with Gasteiger partial charge in [-0.1, -0.05) is 12.1 Å². The molecule has 0 saturated heterocycles. The van der Waals surface area contributed by atoms with Crippen LogP contribution in [0, 0.1) is 0 Å². The second-order valence-corrected chi connectivity index (χ2v) is 6.83. The van der Waals surface area contributed by atoms with Gasteiger partial charge in [-0.3, -0.25) is 14.4 Å². The molecule has 0 aromatic heterocycles. The van der Waals surface area contributed by atoms with Gasteiger partial charge >= 0.3 is 0 Å². The van der Waals surface area contributed by atoms with Crippen LogP contribution in [0.15, 0.2) is 24.3 Å². The minimum atomic E-state index is -1.81. The molecule has 2 atom stereocenters. The molecule has 7 heteroatoms. The number of benzene rings is 2. The van der Waals surface area contributed by atoms with Crippen molar-refractivity contribution in [2.45, 2.75) is 25.0 Å². The summed E-state index contributed by atoms with van der Waals surface area (Å²) >= 11 is 0. The van der Waals surface area contributed by atoms with E-state index < -0.39 is 41.2 Å². The molecular weight excluding hydrogens is 340 g/mol. The Bertz CT molecular complexity index is 1030. The number of hydrogen-bond acceptors (Lipinski definition) is 7. The first-order valence-electron chi connectivity index (χ1n) is 7.90. The second-order valence-electron chi connectivity index (χ2n) is 6.83. The SMILES string of the molecule is C[C@@]1(O)CC(=O)c2cc3c(c(O)c2[C@H]1O)C(=O)c1cccc(O)c1C3=O. The summed E-state index contributed by atoms with van der Waals surface area (Å²) in [5.41, 5.74) is -3.05. The lowest BCUT2D eigenvalue weighted by molar-refractivity contribution is -0.0684. The monoisotopic (exact) mass is 354 g/mol. The molecule has 0 amide bonds. The number of aromatic hydroxyl groups is 2. The van der Waals surface area contributed by atoms with E-state index in [1.807, 2.05) is 0 Å². The average molecular weight is 354 g/mol. The molecule has 0 saturated carbocycles. The zero-order chi connectivity index (χ0) is 19.0. The lowest BCUT2D eigenvalue weighted by Gasteiger charge is -2.35. The van der Waals surface area contributed by atoms with Gasteiger partial charge in [-0.05, 0) is 19.1 Å². The van der Waals surface area contributed by atoms with Crippen molar-refractivity contribution < 1.29 is 34.8 Å². The van der Waals surface area contributed by atoms with Gasteiger partial charge in [0.1, 0.15) is 17.6 Å². The lowest BCUT2D eigenvalue weighted by Crippen LogP contribution is -2.40. The predicted octanol–water partition coefficient (Wildman–Crippen LogP) is 1.24. The standard InChI is InChI=1S/C19H14O7/c1-19(26)6-11(21)8-5-9-13(17(24)14(8)18(19)25)15(22)7-3-2-4-10(20)12(7)16(9)23/h2-5,18,20,24-26H,6H2,1H3/t18-,19-/m1/s1. The molecule has 0 fully saturated rings. The zero-order valence-electron chi connectivity index (χ0n) is 13.6. The summed E-state index contributed by atoms with van der Waals surface area (Å²) in [7, 11) is 0. The highest BCUT2D eigenvalue weighted by atomic mass is 16.3. The molecule has 0 spiro atoms. The van der Waals surface area contributed by atoms with E-state index >= 15 is 0 Å². The zero-order valence-corrected chi connectivity index (χ0v) is 13.6. The first kappa shape index (κ1) is 16.4. The Labute approximate surface area is 147 Å². The number of fused-ring (bicyclic) bond motifs is 3. The van der Waals surface area contributed by atoms with Crippen LogP contribution in [0.3, 0.4) is 0 Å². The Kier molecular flexibility index (Phi) is 3.16. The summed E-state index contributed by atoms with van der Waals surface area (Å²) in [6, 6.07) is 5.14. The Morgan fingerprint density at radius 1 is 1.00 bits per heavy atom. The number of aliphatic hydroxyl groups excluding tert-OH is 1. The maximum Gasteiger partial charge on any atom is 0.198 e. The summed E-state index contributed by atoms with van der Waals surface area (Å²) in [4.78, 5) is 37.9. The summed E-state index contributed by atoms with van der Waals surface area (Å²) in [6.45, 7) is 1.25. The van der Waals surface area contributed by atoms with Crippen molar-refractivity contribution in [1.29, 1.82) is 0 Å². The molecule has 132 valence electrons. The Morgan fingerprint density at radius 3 is 2.35 bits per heavy atom. The average Bonchev–Trinajstić information content (AvgIpc) is 2.56. The molecule has 2 aromatic rings. The molecule has 26 heavy (non-hydrogen) atoms. The van der Waals surface area contributed by atoms with Crippen LogP contribution in [0.25, 0.3) is 0 Å². The molecule has 7 nitrogen and oxygen atoms in total. The van der Waals surface area contributed by atoms with Crippen LogP contribution in [0.2, 0.25) is 0 Å². The van der Waals surface area contributed by atoms with E-state index in [9.17, 15) is 34.8 Å². The number of carbonyl (C=O) groups is 3. The normalized spacial score (nSPS) is 24.1. The molecule has 2 aliphatic rings. The smallest absolute Gasteiger partial charge is 0.198 e. The van der Waals surface area contributed by atoms with Gasteiger partial charge in [0.2, 0.25) is 0 Å². The van der Waals surface area contributed by atoms with Gasteiger partial charge in [-0.25, -0.2) is 0 Å². The van der Waals surface area contributed by atoms with Crippen LogP contribution in [-0.2, 0) is 0 Å². The van der Waals surface area contributed by atoms with Crippen molar-refractivity contribution in [3.63, 3.8) is 0 Å². The second kappa shape index (κ2) is 5.00. The summed E-state index contributed by atoms with van der Waals surface area (Å²) in [5, 5.41) is 41.2. The molecule has 0 aliphatic heterocycles. The number of phenolic OH excluding ortho intramolecular Hbond substituents is 2. The highest BCUT2D eigenvalue weighted by molar-refractivity contribution is 6.31. The summed E-state index contributed by atoms with van der Waals surface area (Å²) in [6.07, 6.45) is -2.00. The number of aliphatic hydroxyl groups is 2. The van der Waals surface area contributed by atoms with Crippen molar-refractivity contribution in [3.05, 3.63) is 57.6 Å². The molecule has 0 radical (unpaired) electrons. The highest BCUT2D eigenvalue weighted by Crippen LogP contribution is 2.46. The number of carbonyl (C=O) groups excluding carboxylic acids is 3. The largest absolute Gasteiger partial charge is 0.507 e. The quantitative estimate of drug-likeness (QED) is 0.477. The van der Waals surface area contributed by atoms with E-state index in [4.69, 9.17) is 0 Å². The van der Waals surface area contributed by atoms with E-state index in [0.717, 1.165) is 6.07 Å². The van der Waals surface area contributed by atoms with Gasteiger partial charge < -0.3 is 20.4 Å². The number of phenols is 2. The van der Waals surface area contributed by atoms with E-state index in [0.29, 0.717) is 0 Å². The van der Waals surface area contributed by atoms with E-state index in [1.165, 1.54) is 25.1 Å². The predicted molar refractivity (Wildman–Crippen MR) is 87.6 cm³/mol. The van der Waals surface area contributed by atoms with E-state index in [-0.39, 0.29) is 39.1 Å². The Balaban J connectivity index is 2.06. The van der Waals surface area contributed by atoms with Gasteiger partial charge in [0.15, 0.2) is 17.3 Å². The van der Waals surface area contributed by atoms with Crippen LogP contribution in [0.4, 0.5) is 0 Å². The fraction of sp³-hybridized carbons (Fsp3) is 0.211. The molecule has 4 rings (SSSR count). The van der Waals surface area contributed by atoms with Gasteiger partial charge in [-0.2, -0.15) is 0 Å². The van der Waals surface area contributed by atoms with Gasteiger partial charge in [0.25, 0.3) is 0 Å². The summed E-state index contributed by atoms with van der Waals surface area (Å²) in [5.74, 6) is -3.07. The van der Waals surface area contributed by atoms with Crippen LogP contribution in [-0.4, -0.2) is 43.4 Å². The fourth-order valence-electron chi connectivity index (χ4n) is 3.67. The van der Waals surface area contributed by atoms with Crippen molar-refractivity contribution in [2.24, 2.45) is 0 Å². The first-order chi connectivity index (χ1) is 12.1. The first-order valence-corrected chi connectivity index (χ1v) is 7.90. The maximum absolute atomic E-state index is 12.8. The van der Waals surface area contributed by atoms with Crippen LogP contribution in [0.5, 0.6) is 11.5 Å². The minimum absolute atomic E-state index is 0.0823. The van der Waals surface area contributed by atoms with Crippen molar-refractivity contribution in [2.75, 3.05) is 0 Å². The van der Waals surface area contributed by atoms with E-state index in [2.05, 4.69) is 0 Å². The third-order valence-electron chi connectivity index (χ3n) is 5.01. The van der Waals surface area contributed by atoms with Crippen LogP contribution in [0.1, 0.15) is 67.2 Å². The van der Waals surface area contributed by atoms with Crippen molar-refractivity contribution in [1.82, 2.24) is 0 Å². The third-order valence-corrected chi connectivity index (χ3v) is 5.01. The molecule has 0 bridgehead atoms. The number of hydrogen-bond donors (Lipinski definition) is 4. The lowest BCUT2D eigenvalue weighted by atomic mass is 9.73. The summed E-state index contributed by atoms with van der Waals surface area (Å²) < 4.78 is 0. The third kappa shape index (κ3) is 1.92. The number of Topliss-reactive ketones (excluding diaryl/α,β-unsaturated/α-hetero) is 1. The molecule has 2 aromatic carbocycles. The van der Waals surface area contributed by atoms with Crippen molar-refractivity contribution >= 4 is 17.3 Å². The minimum Gasteiger partial charge on any atom is -0.507 e. The molecular formula is C19H14O7. The number of rotatable bonds is 0. The van der Waals surface area contributed by atoms with Gasteiger partial charge in [-0.15, -0.1) is 0 Å². The molecule has 0 heterocycles. The van der Waals surface area contributed by atoms with Gasteiger partial charge in [0, 0.05) is 28.7 Å². The molecule has 2 aliphatic carbocycles. The fourth-order valence-corrected chi connectivity index (χ4v) is 3.67. The molecule has 0 unspecified atom stereocenters. The van der Waals surface area contributed by atoms with Crippen LogP contribution < -0.4 is 0 Å². The molecule has 4 N–H and O–H groups in total. The van der Waals surface area contributed by atoms with Crippen LogP contribution >= 0.6 is 0 Å². The number of ketones is 3. The Morgan fingerprint density at radius 2 is 1.65 bits per heavy atom. The Hall–Kier alpha value is -3.03. The van der Waals surface area contributed by atoms with E-state index in [1.54, 1.807) is 0 Å². The highest BCUT2D eigenvalue weighted by Gasteiger charge is 2.46.